The fraction of sp³-hybridized carbons (Fsp3) is 0.952. The third-order valence-corrected chi connectivity index (χ3v) is 21.9. The van der Waals surface area contributed by atoms with E-state index in [9.17, 15) is 43.2 Å². The molecule has 0 aromatic heterocycles. The molecule has 0 amide bonds. The van der Waals surface area contributed by atoms with Crippen molar-refractivity contribution in [3.05, 3.63) is 0 Å². The Balaban J connectivity index is 5.12. The van der Waals surface area contributed by atoms with E-state index in [1.54, 1.807) is 0 Å². The van der Waals surface area contributed by atoms with E-state index in [-0.39, 0.29) is 25.7 Å². The van der Waals surface area contributed by atoms with Crippen LogP contribution in [0.5, 0.6) is 0 Å². The molecule has 0 aliphatic rings. The normalized spacial score (nSPS) is 14.5. The minimum absolute atomic E-state index is 0.107. The maximum absolute atomic E-state index is 13.1. The van der Waals surface area contributed by atoms with Crippen molar-refractivity contribution >= 4 is 39.5 Å². The fourth-order valence-corrected chi connectivity index (χ4v) is 14.3. The average Bonchev–Trinajstić information content (AvgIpc) is 0.925. The van der Waals surface area contributed by atoms with Gasteiger partial charge < -0.3 is 33.8 Å². The Morgan fingerprint density at radius 2 is 0.471 bits per heavy atom. The summed E-state index contributed by atoms with van der Waals surface area (Å²) in [6.07, 6.45) is 60.1. The van der Waals surface area contributed by atoms with E-state index in [0.717, 1.165) is 120 Å². The molecule has 606 valence electrons. The Labute approximate surface area is 626 Å². The van der Waals surface area contributed by atoms with Crippen molar-refractivity contribution in [1.82, 2.24) is 0 Å². The van der Waals surface area contributed by atoms with E-state index in [4.69, 9.17) is 37.0 Å². The van der Waals surface area contributed by atoms with Crippen molar-refractivity contribution in [2.45, 2.75) is 446 Å². The number of esters is 4. The molecule has 7 atom stereocenters. The quantitative estimate of drug-likeness (QED) is 0.0222. The topological polar surface area (TPSA) is 237 Å². The van der Waals surface area contributed by atoms with Crippen molar-refractivity contribution in [2.24, 2.45) is 23.7 Å². The summed E-state index contributed by atoms with van der Waals surface area (Å²) in [6.45, 7) is 14.2. The van der Waals surface area contributed by atoms with Crippen LogP contribution in [-0.4, -0.2) is 96.7 Å². The van der Waals surface area contributed by atoms with Crippen LogP contribution in [0.1, 0.15) is 428 Å². The van der Waals surface area contributed by atoms with Crippen molar-refractivity contribution < 1.29 is 80.2 Å². The van der Waals surface area contributed by atoms with Crippen LogP contribution in [0.4, 0.5) is 0 Å². The van der Waals surface area contributed by atoms with Crippen LogP contribution in [0.15, 0.2) is 0 Å². The number of hydrogen-bond acceptors (Lipinski definition) is 15. The molecular formula is C83H162O17P2. The number of phosphoric ester groups is 2. The lowest BCUT2D eigenvalue weighted by molar-refractivity contribution is -0.161. The van der Waals surface area contributed by atoms with Crippen molar-refractivity contribution in [3.63, 3.8) is 0 Å². The Morgan fingerprint density at radius 3 is 0.696 bits per heavy atom. The average molecular weight is 1490 g/mol. The second-order valence-electron chi connectivity index (χ2n) is 31.3. The lowest BCUT2D eigenvalue weighted by Gasteiger charge is -2.21. The number of phosphoric acid groups is 2. The van der Waals surface area contributed by atoms with Gasteiger partial charge in [0, 0.05) is 25.7 Å². The maximum atomic E-state index is 13.1. The molecule has 0 spiro atoms. The van der Waals surface area contributed by atoms with Crippen molar-refractivity contribution in [2.75, 3.05) is 39.6 Å². The molecule has 102 heavy (non-hydrogen) atoms. The van der Waals surface area contributed by atoms with Crippen LogP contribution in [-0.2, 0) is 65.4 Å². The third kappa shape index (κ3) is 73.6. The van der Waals surface area contributed by atoms with Crippen LogP contribution in [0.25, 0.3) is 0 Å². The summed E-state index contributed by atoms with van der Waals surface area (Å²) in [6, 6.07) is 0. The molecule has 0 aromatic carbocycles. The molecule has 19 heteroatoms. The number of carbonyl (C=O) groups excluding carboxylic acids is 4. The van der Waals surface area contributed by atoms with Crippen LogP contribution in [0.3, 0.4) is 0 Å². The van der Waals surface area contributed by atoms with Gasteiger partial charge in [-0.25, -0.2) is 9.13 Å². The summed E-state index contributed by atoms with van der Waals surface area (Å²) in [5.41, 5.74) is 0. The second-order valence-corrected chi connectivity index (χ2v) is 34.2. The van der Waals surface area contributed by atoms with Gasteiger partial charge in [-0.15, -0.1) is 0 Å². The first-order chi connectivity index (χ1) is 49.2. The standard InChI is InChI=1S/C83H162O17P2/c1-9-75(7)61-53-45-36-32-28-24-20-16-12-14-18-22-26-30-34-38-50-58-66-83(88)100-79(70-94-81(86)64-56-48-42-40-46-54-62-76(8)10-2)72-98-102(91,92)96-68-77(84)67-95-101(89,90)97-71-78(69-93-80(85)63-55-47-41-39-44-52-60-74(5)6)99-82(87)65-57-49-37-33-29-25-21-17-13-11-15-19-23-27-31-35-43-51-59-73(3)4/h73-79,84H,9-72H2,1-8H3,(H,89,90)(H,91,92)/t75?,76?,77-,78-,79-/m1/s1. The van der Waals surface area contributed by atoms with E-state index in [0.29, 0.717) is 31.6 Å². The van der Waals surface area contributed by atoms with Crippen LogP contribution >= 0.6 is 15.6 Å². The number of hydrogen-bond donors (Lipinski definition) is 3. The highest BCUT2D eigenvalue weighted by atomic mass is 31.2. The number of rotatable bonds is 80. The van der Waals surface area contributed by atoms with E-state index >= 15 is 0 Å². The lowest BCUT2D eigenvalue weighted by atomic mass is 9.99. The van der Waals surface area contributed by atoms with Gasteiger partial charge in [0.2, 0.25) is 0 Å². The monoisotopic (exact) mass is 1490 g/mol. The minimum atomic E-state index is -4.96. The molecule has 0 heterocycles. The van der Waals surface area contributed by atoms with Crippen molar-refractivity contribution in [3.8, 4) is 0 Å². The van der Waals surface area contributed by atoms with Crippen LogP contribution in [0.2, 0.25) is 0 Å². The summed E-state index contributed by atoms with van der Waals surface area (Å²) < 4.78 is 68.7. The zero-order valence-electron chi connectivity index (χ0n) is 67.2. The number of carbonyl (C=O) groups is 4. The van der Waals surface area contributed by atoms with E-state index in [1.807, 2.05) is 0 Å². The van der Waals surface area contributed by atoms with E-state index in [2.05, 4.69) is 55.4 Å². The largest absolute Gasteiger partial charge is 0.472 e. The highest BCUT2D eigenvalue weighted by Crippen LogP contribution is 2.45. The molecule has 0 bridgehead atoms. The number of ether oxygens (including phenoxy) is 4. The molecule has 0 aliphatic carbocycles. The Kier molecular flexibility index (Phi) is 70.6. The highest BCUT2D eigenvalue weighted by molar-refractivity contribution is 7.47. The first-order valence-corrected chi connectivity index (χ1v) is 45.8. The highest BCUT2D eigenvalue weighted by Gasteiger charge is 2.30. The number of aliphatic hydroxyl groups excluding tert-OH is 1. The zero-order chi connectivity index (χ0) is 75.3. The molecule has 0 rings (SSSR count). The van der Waals surface area contributed by atoms with Crippen molar-refractivity contribution in [1.29, 1.82) is 0 Å². The first kappa shape index (κ1) is 100. The van der Waals surface area contributed by atoms with Gasteiger partial charge in [-0.1, -0.05) is 376 Å². The van der Waals surface area contributed by atoms with Gasteiger partial charge >= 0.3 is 39.5 Å². The number of aliphatic hydroxyl groups is 1. The van der Waals surface area contributed by atoms with Gasteiger partial charge in [0.25, 0.3) is 0 Å². The molecule has 0 aromatic rings. The predicted molar refractivity (Wildman–Crippen MR) is 418 cm³/mol. The Morgan fingerprint density at radius 1 is 0.275 bits per heavy atom. The van der Waals surface area contributed by atoms with E-state index in [1.165, 1.54) is 218 Å². The van der Waals surface area contributed by atoms with Gasteiger partial charge in [0.1, 0.15) is 19.3 Å². The first-order valence-electron chi connectivity index (χ1n) is 42.8. The third-order valence-electron chi connectivity index (χ3n) is 20.0. The van der Waals surface area contributed by atoms with Gasteiger partial charge in [-0.3, -0.25) is 37.3 Å². The lowest BCUT2D eigenvalue weighted by Crippen LogP contribution is -2.30. The summed E-state index contributed by atoms with van der Waals surface area (Å²) in [4.78, 5) is 73.0. The van der Waals surface area contributed by atoms with Gasteiger partial charge in [0.15, 0.2) is 12.2 Å². The molecule has 0 saturated carbocycles. The molecule has 0 saturated heterocycles. The molecule has 0 aliphatic heterocycles. The van der Waals surface area contributed by atoms with Crippen LogP contribution < -0.4 is 0 Å². The molecule has 0 fully saturated rings. The Bertz CT molecular complexity index is 1990. The maximum Gasteiger partial charge on any atom is 0.472 e. The van der Waals surface area contributed by atoms with Crippen LogP contribution in [0, 0.1) is 23.7 Å². The summed E-state index contributed by atoms with van der Waals surface area (Å²) in [7, 11) is -9.92. The summed E-state index contributed by atoms with van der Waals surface area (Å²) >= 11 is 0. The zero-order valence-corrected chi connectivity index (χ0v) is 69.0. The molecule has 0 radical (unpaired) electrons. The predicted octanol–water partition coefficient (Wildman–Crippen LogP) is 24.8. The summed E-state index contributed by atoms with van der Waals surface area (Å²) in [5, 5.41) is 10.6. The number of unbranched alkanes of at least 4 members (excludes halogenated alkanes) is 44. The van der Waals surface area contributed by atoms with Gasteiger partial charge in [-0.05, 0) is 49.4 Å². The van der Waals surface area contributed by atoms with Gasteiger partial charge in [0.05, 0.1) is 26.4 Å². The molecule has 17 nitrogen and oxygen atoms in total. The smallest absolute Gasteiger partial charge is 0.462 e. The fourth-order valence-electron chi connectivity index (χ4n) is 12.7. The molecular weight excluding hydrogens is 1330 g/mol. The minimum Gasteiger partial charge on any atom is -0.462 e. The van der Waals surface area contributed by atoms with Gasteiger partial charge in [-0.2, -0.15) is 0 Å². The summed E-state index contributed by atoms with van der Waals surface area (Å²) in [5.74, 6) is 0.984. The SMILES string of the molecule is CCC(C)CCCCCCCCCCCCCCCCCCCCC(=O)O[C@H](COC(=O)CCCCCCCCC(C)CC)COP(=O)(O)OC[C@H](O)COP(=O)(O)OC[C@@H](COC(=O)CCCCCCCCC(C)C)OC(=O)CCCCCCCCCCCCCCCCCCCCC(C)C. The molecule has 3 N–H and O–H groups in total. The second kappa shape index (κ2) is 72.0. The Hall–Kier alpha value is -1.94. The van der Waals surface area contributed by atoms with E-state index < -0.39 is 97.5 Å². The molecule has 4 unspecified atom stereocenters.